The Morgan fingerprint density at radius 2 is 2.19 bits per heavy atom. The van der Waals surface area contributed by atoms with Crippen molar-refractivity contribution in [2.75, 3.05) is 32.8 Å². The van der Waals surface area contributed by atoms with Gasteiger partial charge in [-0.1, -0.05) is 32.9 Å². The van der Waals surface area contributed by atoms with Gasteiger partial charge in [0.1, 0.15) is 6.10 Å². The van der Waals surface area contributed by atoms with Crippen molar-refractivity contribution < 1.29 is 9.26 Å². The topological polar surface area (TPSA) is 63.4 Å². The average molecular weight is 296 g/mol. The number of nitrogens with zero attached hydrogens (tertiary/aromatic N) is 3. The van der Waals surface area contributed by atoms with Crippen LogP contribution in [0.3, 0.4) is 0 Å². The number of aromatic nitrogens is 2. The summed E-state index contributed by atoms with van der Waals surface area (Å²) < 4.78 is 11.3. The molecule has 0 aliphatic carbocycles. The van der Waals surface area contributed by atoms with E-state index in [-0.39, 0.29) is 12.0 Å². The molecule has 21 heavy (non-hydrogen) atoms. The zero-order valence-corrected chi connectivity index (χ0v) is 13.6. The summed E-state index contributed by atoms with van der Waals surface area (Å²) in [6.07, 6.45) is 0.971. The molecular weight excluding hydrogens is 268 g/mol. The molecule has 2 rings (SSSR count). The van der Waals surface area contributed by atoms with Gasteiger partial charge < -0.3 is 14.6 Å². The summed E-state index contributed by atoms with van der Waals surface area (Å²) in [6.45, 7) is 13.1. The molecule has 1 fully saturated rings. The van der Waals surface area contributed by atoms with Gasteiger partial charge in [-0.05, 0) is 19.5 Å². The van der Waals surface area contributed by atoms with E-state index in [1.165, 1.54) is 0 Å². The zero-order valence-electron chi connectivity index (χ0n) is 13.6. The summed E-state index contributed by atoms with van der Waals surface area (Å²) in [7, 11) is 0. The molecule has 120 valence electrons. The Morgan fingerprint density at radius 1 is 1.38 bits per heavy atom. The summed E-state index contributed by atoms with van der Waals surface area (Å²) in [5, 5.41) is 7.61. The Morgan fingerprint density at radius 3 is 2.86 bits per heavy atom. The number of hydrogen-bond donors (Lipinski definition) is 1. The minimum absolute atomic E-state index is 0.0670. The number of morpholine rings is 1. The number of nitrogens with one attached hydrogen (secondary N) is 1. The van der Waals surface area contributed by atoms with Crippen molar-refractivity contribution in [3.05, 3.63) is 11.7 Å². The second-order valence-corrected chi connectivity index (χ2v) is 5.60. The van der Waals surface area contributed by atoms with Gasteiger partial charge in [-0.25, -0.2) is 0 Å². The lowest BCUT2D eigenvalue weighted by molar-refractivity contribution is -0.0334. The van der Waals surface area contributed by atoms with Crippen molar-refractivity contribution in [3.8, 4) is 0 Å². The molecule has 6 nitrogen and oxygen atoms in total. The first kappa shape index (κ1) is 16.4. The fourth-order valence-electron chi connectivity index (χ4n) is 2.82. The van der Waals surface area contributed by atoms with Gasteiger partial charge in [-0.3, -0.25) is 4.90 Å². The summed E-state index contributed by atoms with van der Waals surface area (Å²) in [5.41, 5.74) is 0. The van der Waals surface area contributed by atoms with Crippen molar-refractivity contribution in [2.45, 2.75) is 52.2 Å². The molecule has 3 atom stereocenters. The van der Waals surface area contributed by atoms with Crippen LogP contribution >= 0.6 is 0 Å². The number of ether oxygens (including phenoxy) is 1. The molecule has 3 unspecified atom stereocenters. The summed E-state index contributed by atoms with van der Waals surface area (Å²) in [5.74, 6) is 1.60. The predicted molar refractivity (Wildman–Crippen MR) is 81.3 cm³/mol. The van der Waals surface area contributed by atoms with Crippen LogP contribution in [-0.2, 0) is 4.74 Å². The van der Waals surface area contributed by atoms with Gasteiger partial charge >= 0.3 is 0 Å². The Bertz CT molecular complexity index is 407. The maximum absolute atomic E-state index is 5.78. The van der Waals surface area contributed by atoms with Crippen LogP contribution in [0.1, 0.15) is 57.9 Å². The van der Waals surface area contributed by atoms with Crippen LogP contribution in [-0.4, -0.2) is 53.9 Å². The lowest BCUT2D eigenvalue weighted by Crippen LogP contribution is -2.38. The molecule has 1 saturated heterocycles. The Hall–Kier alpha value is -0.980. The van der Waals surface area contributed by atoms with Gasteiger partial charge in [0.25, 0.3) is 0 Å². The summed E-state index contributed by atoms with van der Waals surface area (Å²) in [6, 6.07) is 0.364. The first-order chi connectivity index (χ1) is 10.2. The first-order valence-corrected chi connectivity index (χ1v) is 8.10. The number of likely N-dealkylation sites (N-methyl/N-ethyl adjacent to an activating group) is 2. The van der Waals surface area contributed by atoms with Crippen molar-refractivity contribution in [1.82, 2.24) is 20.4 Å². The summed E-state index contributed by atoms with van der Waals surface area (Å²) in [4.78, 5) is 6.93. The van der Waals surface area contributed by atoms with Crippen LogP contribution in [0.5, 0.6) is 0 Å². The van der Waals surface area contributed by atoms with E-state index in [1.54, 1.807) is 0 Å². The van der Waals surface area contributed by atoms with Gasteiger partial charge in [0.15, 0.2) is 0 Å². The van der Waals surface area contributed by atoms with Crippen LogP contribution in [0.4, 0.5) is 0 Å². The number of hydrogen-bond acceptors (Lipinski definition) is 6. The van der Waals surface area contributed by atoms with E-state index >= 15 is 0 Å². The van der Waals surface area contributed by atoms with Crippen LogP contribution in [0.15, 0.2) is 4.52 Å². The van der Waals surface area contributed by atoms with Gasteiger partial charge in [0, 0.05) is 19.1 Å². The molecule has 1 aliphatic heterocycles. The molecule has 6 heteroatoms. The van der Waals surface area contributed by atoms with Crippen molar-refractivity contribution in [2.24, 2.45) is 0 Å². The molecule has 1 aromatic rings. The molecule has 0 amide bonds. The maximum Gasteiger partial charge on any atom is 0.231 e. The highest BCUT2D eigenvalue weighted by atomic mass is 16.5. The Balaban J connectivity index is 2.03. The highest BCUT2D eigenvalue weighted by molar-refractivity contribution is 5.00. The lowest BCUT2D eigenvalue weighted by atomic mass is 9.99. The van der Waals surface area contributed by atoms with E-state index in [0.29, 0.717) is 17.8 Å². The molecule has 1 aliphatic rings. The molecule has 1 N–H and O–H groups in total. The summed E-state index contributed by atoms with van der Waals surface area (Å²) >= 11 is 0. The molecule has 0 aromatic carbocycles. The van der Waals surface area contributed by atoms with Crippen LogP contribution in [0.2, 0.25) is 0 Å². The molecule has 2 heterocycles. The monoisotopic (exact) mass is 296 g/mol. The fraction of sp³-hybridized carbons (Fsp3) is 0.867. The third-order valence-electron chi connectivity index (χ3n) is 4.24. The first-order valence-electron chi connectivity index (χ1n) is 8.10. The highest BCUT2D eigenvalue weighted by Crippen LogP contribution is 2.24. The van der Waals surface area contributed by atoms with Gasteiger partial charge in [0.05, 0.1) is 12.5 Å². The zero-order chi connectivity index (χ0) is 15.2. The Labute approximate surface area is 127 Å². The van der Waals surface area contributed by atoms with Crippen molar-refractivity contribution in [1.29, 1.82) is 0 Å². The van der Waals surface area contributed by atoms with Gasteiger partial charge in [-0.2, -0.15) is 4.98 Å². The lowest BCUT2D eigenvalue weighted by Gasteiger charge is -2.30. The number of rotatable bonds is 7. The van der Waals surface area contributed by atoms with Crippen LogP contribution in [0.25, 0.3) is 0 Å². The van der Waals surface area contributed by atoms with E-state index in [2.05, 4.69) is 48.1 Å². The van der Waals surface area contributed by atoms with Crippen LogP contribution < -0.4 is 5.32 Å². The molecule has 0 radical (unpaired) electrons. The highest BCUT2D eigenvalue weighted by Gasteiger charge is 2.28. The molecule has 0 bridgehead atoms. The second kappa shape index (κ2) is 7.87. The molecule has 0 spiro atoms. The third kappa shape index (κ3) is 4.02. The minimum Gasteiger partial charge on any atom is -0.367 e. The third-order valence-corrected chi connectivity index (χ3v) is 4.24. The van der Waals surface area contributed by atoms with Crippen LogP contribution in [0, 0.1) is 0 Å². The quantitative estimate of drug-likeness (QED) is 0.830. The normalized spacial score (nSPS) is 23.1. The molecule has 0 saturated carbocycles. The largest absolute Gasteiger partial charge is 0.367 e. The van der Waals surface area contributed by atoms with E-state index in [1.807, 2.05) is 0 Å². The Kier molecular flexibility index (Phi) is 6.14. The van der Waals surface area contributed by atoms with E-state index in [4.69, 9.17) is 9.26 Å². The average Bonchev–Trinajstić information content (AvgIpc) is 3.02. The second-order valence-electron chi connectivity index (χ2n) is 5.60. The fourth-order valence-corrected chi connectivity index (χ4v) is 2.82. The smallest absolute Gasteiger partial charge is 0.231 e. The minimum atomic E-state index is -0.0670. The van der Waals surface area contributed by atoms with E-state index < -0.39 is 0 Å². The molecular formula is C15H28N4O2. The molecule has 1 aromatic heterocycles. The van der Waals surface area contributed by atoms with Gasteiger partial charge in [0.2, 0.25) is 11.7 Å². The van der Waals surface area contributed by atoms with Crippen molar-refractivity contribution in [3.63, 3.8) is 0 Å². The standard InChI is InChI=1S/C15H28N4O2/c1-5-12(16-6-2)11(4)15-17-14(18-21-15)13-10-19(7-3)8-9-20-13/h11-13,16H,5-10H2,1-4H3. The SMILES string of the molecule is CCNC(CC)C(C)c1nc(C2CN(CC)CCO2)no1. The van der Waals surface area contributed by atoms with Gasteiger partial charge in [-0.15, -0.1) is 0 Å². The maximum atomic E-state index is 5.78. The predicted octanol–water partition coefficient (Wildman–Crippen LogP) is 1.95. The van der Waals surface area contributed by atoms with Crippen molar-refractivity contribution >= 4 is 0 Å². The van der Waals surface area contributed by atoms with E-state index in [0.717, 1.165) is 39.2 Å². The van der Waals surface area contributed by atoms with E-state index in [9.17, 15) is 0 Å².